The van der Waals surface area contributed by atoms with Gasteiger partial charge in [0.2, 0.25) is 0 Å². The molecule has 0 saturated heterocycles. The fraction of sp³-hybridized carbons (Fsp3) is 0.500. The quantitative estimate of drug-likeness (QED) is 0.611. The number of amides is 1. The van der Waals surface area contributed by atoms with Crippen LogP contribution in [0.3, 0.4) is 0 Å². The number of methoxy groups -OCH3 is 1. The average Bonchev–Trinajstić information content (AvgIpc) is 2.38. The highest BCUT2D eigenvalue weighted by molar-refractivity contribution is 5.78. The molecular weight excluding hydrogens is 276 g/mol. The average molecular weight is 296 g/mol. The smallest absolute Gasteiger partial charge is 0.276 e. The van der Waals surface area contributed by atoms with E-state index in [2.05, 4.69) is 5.32 Å². The molecule has 7 heteroatoms. The molecule has 21 heavy (non-hydrogen) atoms. The maximum atomic E-state index is 11.7. The topological polar surface area (TPSA) is 90.7 Å². The number of ether oxygens (including phenoxy) is 2. The normalized spacial score (nSPS) is 11.8. The Morgan fingerprint density at radius 2 is 2.10 bits per heavy atom. The minimum atomic E-state index is -0.470. The van der Waals surface area contributed by atoms with E-state index in [1.165, 1.54) is 6.07 Å². The van der Waals surface area contributed by atoms with Gasteiger partial charge in [0, 0.05) is 19.2 Å². The van der Waals surface area contributed by atoms with E-state index in [-0.39, 0.29) is 24.2 Å². The predicted molar refractivity (Wildman–Crippen MR) is 77.5 cm³/mol. The summed E-state index contributed by atoms with van der Waals surface area (Å²) in [5.41, 5.74) is 1.14. The van der Waals surface area contributed by atoms with E-state index in [0.29, 0.717) is 17.9 Å². The Kier molecular flexibility index (Phi) is 6.10. The van der Waals surface area contributed by atoms with E-state index >= 15 is 0 Å². The molecule has 7 nitrogen and oxygen atoms in total. The minimum Gasteiger partial charge on any atom is -0.483 e. The standard InChI is InChI=1S/C14H20N2O5/c1-9-5-6-12(16(18)19)11(3)14(9)21-8-13(17)15-10(2)7-20-4/h5-6,10H,7-8H2,1-4H3,(H,15,17)/t10-/m0/s1. The molecule has 0 heterocycles. The molecular formula is C14H20N2O5. The molecule has 1 rings (SSSR count). The van der Waals surface area contributed by atoms with Crippen molar-refractivity contribution in [3.8, 4) is 5.75 Å². The third kappa shape index (κ3) is 4.71. The Morgan fingerprint density at radius 1 is 1.43 bits per heavy atom. The number of rotatable bonds is 7. The van der Waals surface area contributed by atoms with Crippen molar-refractivity contribution in [3.63, 3.8) is 0 Å². The van der Waals surface area contributed by atoms with Gasteiger partial charge in [-0.2, -0.15) is 0 Å². The van der Waals surface area contributed by atoms with Gasteiger partial charge >= 0.3 is 0 Å². The molecule has 0 aliphatic rings. The van der Waals surface area contributed by atoms with Crippen LogP contribution >= 0.6 is 0 Å². The summed E-state index contributed by atoms with van der Waals surface area (Å²) in [4.78, 5) is 22.1. The van der Waals surface area contributed by atoms with Crippen LogP contribution in [-0.4, -0.2) is 37.2 Å². The molecule has 0 bridgehead atoms. The second-order valence-corrected chi connectivity index (χ2v) is 4.83. The van der Waals surface area contributed by atoms with Crippen molar-refractivity contribution >= 4 is 11.6 Å². The van der Waals surface area contributed by atoms with E-state index in [9.17, 15) is 14.9 Å². The molecule has 0 aliphatic carbocycles. The van der Waals surface area contributed by atoms with Crippen LogP contribution in [0.5, 0.6) is 5.75 Å². The molecule has 0 fully saturated rings. The fourth-order valence-corrected chi connectivity index (χ4v) is 1.98. The SMILES string of the molecule is COC[C@H](C)NC(=O)COc1c(C)ccc([N+](=O)[O-])c1C. The van der Waals surface area contributed by atoms with E-state index in [1.807, 2.05) is 6.92 Å². The zero-order valence-corrected chi connectivity index (χ0v) is 12.6. The number of nitrogens with zero attached hydrogens (tertiary/aromatic N) is 1. The summed E-state index contributed by atoms with van der Waals surface area (Å²) in [6.07, 6.45) is 0. The zero-order chi connectivity index (χ0) is 16.0. The molecule has 0 unspecified atom stereocenters. The third-order valence-electron chi connectivity index (χ3n) is 2.94. The van der Waals surface area contributed by atoms with Gasteiger partial charge in [-0.3, -0.25) is 14.9 Å². The molecule has 1 N–H and O–H groups in total. The second kappa shape index (κ2) is 7.58. The first-order valence-electron chi connectivity index (χ1n) is 6.52. The van der Waals surface area contributed by atoms with Crippen molar-refractivity contribution in [2.45, 2.75) is 26.8 Å². The summed E-state index contributed by atoms with van der Waals surface area (Å²) in [5.74, 6) is 0.0728. The summed E-state index contributed by atoms with van der Waals surface area (Å²) in [6.45, 7) is 5.40. The number of nitro benzene ring substituents is 1. The van der Waals surface area contributed by atoms with Crippen molar-refractivity contribution in [1.29, 1.82) is 0 Å². The molecule has 116 valence electrons. The van der Waals surface area contributed by atoms with E-state index in [4.69, 9.17) is 9.47 Å². The van der Waals surface area contributed by atoms with Crippen molar-refractivity contribution in [3.05, 3.63) is 33.4 Å². The Hall–Kier alpha value is -2.15. The number of nitro groups is 1. The lowest BCUT2D eigenvalue weighted by molar-refractivity contribution is -0.385. The number of carbonyl (C=O) groups excluding carboxylic acids is 1. The molecule has 0 spiro atoms. The van der Waals surface area contributed by atoms with Crippen LogP contribution in [0.2, 0.25) is 0 Å². The number of hydrogen-bond donors (Lipinski definition) is 1. The highest BCUT2D eigenvalue weighted by Crippen LogP contribution is 2.30. The van der Waals surface area contributed by atoms with Crippen LogP contribution < -0.4 is 10.1 Å². The molecule has 0 aromatic heterocycles. The Labute approximate surface area is 123 Å². The molecule has 0 radical (unpaired) electrons. The summed E-state index contributed by atoms with van der Waals surface area (Å²) >= 11 is 0. The first-order valence-corrected chi connectivity index (χ1v) is 6.52. The van der Waals surface area contributed by atoms with Crippen LogP contribution in [0.1, 0.15) is 18.1 Å². The van der Waals surface area contributed by atoms with Gasteiger partial charge < -0.3 is 14.8 Å². The Bertz CT molecular complexity index is 530. The summed E-state index contributed by atoms with van der Waals surface area (Å²) in [6, 6.07) is 2.91. The number of nitrogens with one attached hydrogen (secondary N) is 1. The summed E-state index contributed by atoms with van der Waals surface area (Å²) in [5, 5.41) is 13.6. The lowest BCUT2D eigenvalue weighted by atomic mass is 10.1. The molecule has 0 aliphatic heterocycles. The Balaban J connectivity index is 2.73. The number of aryl methyl sites for hydroxylation is 1. The highest BCUT2D eigenvalue weighted by atomic mass is 16.6. The Morgan fingerprint density at radius 3 is 2.67 bits per heavy atom. The van der Waals surface area contributed by atoms with Gasteiger partial charge in [-0.15, -0.1) is 0 Å². The lowest BCUT2D eigenvalue weighted by Crippen LogP contribution is -2.38. The molecule has 1 amide bonds. The molecule has 0 saturated carbocycles. The molecule has 1 atom stereocenters. The zero-order valence-electron chi connectivity index (χ0n) is 12.6. The first kappa shape index (κ1) is 16.9. The van der Waals surface area contributed by atoms with Crippen molar-refractivity contribution in [2.24, 2.45) is 0 Å². The molecule has 1 aromatic carbocycles. The van der Waals surface area contributed by atoms with Crippen molar-refractivity contribution < 1.29 is 19.2 Å². The molecule has 1 aromatic rings. The first-order chi connectivity index (χ1) is 9.86. The van der Waals surface area contributed by atoms with Gasteiger partial charge in [0.15, 0.2) is 6.61 Å². The summed E-state index contributed by atoms with van der Waals surface area (Å²) in [7, 11) is 1.55. The van der Waals surface area contributed by atoms with Gasteiger partial charge in [0.1, 0.15) is 5.75 Å². The van der Waals surface area contributed by atoms with E-state index in [0.717, 1.165) is 5.56 Å². The predicted octanol–water partition coefficient (Wildman–Crippen LogP) is 1.74. The summed E-state index contributed by atoms with van der Waals surface area (Å²) < 4.78 is 10.4. The monoisotopic (exact) mass is 296 g/mol. The lowest BCUT2D eigenvalue weighted by Gasteiger charge is -2.15. The minimum absolute atomic E-state index is 0.0243. The van der Waals surface area contributed by atoms with Crippen LogP contribution in [-0.2, 0) is 9.53 Å². The third-order valence-corrected chi connectivity index (χ3v) is 2.94. The van der Waals surface area contributed by atoms with Crippen LogP contribution in [0, 0.1) is 24.0 Å². The number of benzene rings is 1. The van der Waals surface area contributed by atoms with Crippen LogP contribution in [0.25, 0.3) is 0 Å². The van der Waals surface area contributed by atoms with E-state index < -0.39 is 4.92 Å². The largest absolute Gasteiger partial charge is 0.483 e. The number of carbonyl (C=O) groups is 1. The van der Waals surface area contributed by atoms with Crippen molar-refractivity contribution in [1.82, 2.24) is 5.32 Å². The second-order valence-electron chi connectivity index (χ2n) is 4.83. The van der Waals surface area contributed by atoms with Gasteiger partial charge in [0.05, 0.1) is 17.1 Å². The van der Waals surface area contributed by atoms with Crippen LogP contribution in [0.15, 0.2) is 12.1 Å². The van der Waals surface area contributed by atoms with Gasteiger partial charge in [-0.25, -0.2) is 0 Å². The van der Waals surface area contributed by atoms with Crippen LogP contribution in [0.4, 0.5) is 5.69 Å². The fourth-order valence-electron chi connectivity index (χ4n) is 1.98. The van der Waals surface area contributed by atoms with Gasteiger partial charge in [-0.05, 0) is 32.4 Å². The maximum Gasteiger partial charge on any atom is 0.276 e. The highest BCUT2D eigenvalue weighted by Gasteiger charge is 2.18. The number of hydrogen-bond acceptors (Lipinski definition) is 5. The van der Waals surface area contributed by atoms with Crippen molar-refractivity contribution in [2.75, 3.05) is 20.3 Å². The van der Waals surface area contributed by atoms with Gasteiger partial charge in [0.25, 0.3) is 11.6 Å². The van der Waals surface area contributed by atoms with E-state index in [1.54, 1.807) is 27.0 Å². The van der Waals surface area contributed by atoms with Gasteiger partial charge in [-0.1, -0.05) is 0 Å². The maximum absolute atomic E-state index is 11.7.